The average molecular weight is 205 g/mol. The Hall–Kier alpha value is -1.81. The van der Waals surface area contributed by atoms with Gasteiger partial charge in [-0.1, -0.05) is 6.92 Å². The number of hydrogen-bond donors (Lipinski definition) is 0. The molecule has 0 radical (unpaired) electrons. The van der Waals surface area contributed by atoms with Crippen LogP contribution in [0.3, 0.4) is 0 Å². The molecular formula is C11H15N3O. The smallest absolute Gasteiger partial charge is 0.219 e. The van der Waals surface area contributed by atoms with E-state index in [1.54, 1.807) is 11.8 Å². The Morgan fingerprint density at radius 1 is 1.27 bits per heavy atom. The van der Waals surface area contributed by atoms with Crippen molar-refractivity contribution in [2.45, 2.75) is 27.2 Å². The van der Waals surface area contributed by atoms with E-state index in [0.717, 1.165) is 6.42 Å². The van der Waals surface area contributed by atoms with Crippen LogP contribution in [0.1, 0.15) is 27.2 Å². The SMILES string of the molecule is CCCN(CC(C)=C(C#N)C#N)C(C)=O. The zero-order valence-corrected chi connectivity index (χ0v) is 9.37. The molecule has 0 aliphatic heterocycles. The summed E-state index contributed by atoms with van der Waals surface area (Å²) in [5, 5.41) is 17.3. The van der Waals surface area contributed by atoms with Crippen molar-refractivity contribution >= 4 is 5.91 Å². The highest BCUT2D eigenvalue weighted by Gasteiger charge is 2.10. The predicted molar refractivity (Wildman–Crippen MR) is 56.5 cm³/mol. The lowest BCUT2D eigenvalue weighted by Gasteiger charge is -2.20. The molecule has 0 aromatic rings. The van der Waals surface area contributed by atoms with E-state index in [1.807, 2.05) is 19.1 Å². The summed E-state index contributed by atoms with van der Waals surface area (Å²) in [6.07, 6.45) is 0.862. The number of carbonyl (C=O) groups excluding carboxylic acids is 1. The van der Waals surface area contributed by atoms with Gasteiger partial charge in [-0.25, -0.2) is 0 Å². The zero-order valence-electron chi connectivity index (χ0n) is 9.37. The number of allylic oxidation sites excluding steroid dienone is 1. The fourth-order valence-corrected chi connectivity index (χ4v) is 1.20. The van der Waals surface area contributed by atoms with E-state index in [1.165, 1.54) is 6.92 Å². The van der Waals surface area contributed by atoms with Crippen molar-refractivity contribution in [2.75, 3.05) is 13.1 Å². The molecular weight excluding hydrogens is 190 g/mol. The molecule has 0 saturated heterocycles. The first-order chi connectivity index (χ1) is 7.06. The third kappa shape index (κ3) is 4.28. The van der Waals surface area contributed by atoms with Crippen LogP contribution in [-0.2, 0) is 4.79 Å². The van der Waals surface area contributed by atoms with Crippen LogP contribution >= 0.6 is 0 Å². The maximum absolute atomic E-state index is 11.2. The van der Waals surface area contributed by atoms with E-state index in [4.69, 9.17) is 10.5 Å². The molecule has 0 heterocycles. The summed E-state index contributed by atoms with van der Waals surface area (Å²) in [4.78, 5) is 12.8. The van der Waals surface area contributed by atoms with Crippen molar-refractivity contribution < 1.29 is 4.79 Å². The maximum atomic E-state index is 11.2. The molecule has 80 valence electrons. The standard InChI is InChI=1S/C11H15N3O/c1-4-5-14(10(3)15)8-9(2)11(6-12)7-13/h4-5,8H2,1-3H3. The summed E-state index contributed by atoms with van der Waals surface area (Å²) in [5.74, 6) is -0.0357. The topological polar surface area (TPSA) is 67.9 Å². The van der Waals surface area contributed by atoms with Crippen LogP contribution in [0.25, 0.3) is 0 Å². The van der Waals surface area contributed by atoms with Gasteiger partial charge < -0.3 is 4.90 Å². The number of nitrogens with zero attached hydrogens (tertiary/aromatic N) is 3. The van der Waals surface area contributed by atoms with Crippen molar-refractivity contribution in [3.63, 3.8) is 0 Å². The number of carbonyl (C=O) groups is 1. The predicted octanol–water partition coefficient (Wildman–Crippen LogP) is 1.61. The van der Waals surface area contributed by atoms with Crippen LogP contribution in [0.4, 0.5) is 0 Å². The van der Waals surface area contributed by atoms with Crippen LogP contribution < -0.4 is 0 Å². The van der Waals surface area contributed by atoms with E-state index >= 15 is 0 Å². The monoisotopic (exact) mass is 205 g/mol. The van der Waals surface area contributed by atoms with E-state index in [9.17, 15) is 4.79 Å². The van der Waals surface area contributed by atoms with Gasteiger partial charge in [-0.05, 0) is 18.9 Å². The highest BCUT2D eigenvalue weighted by atomic mass is 16.2. The van der Waals surface area contributed by atoms with Crippen LogP contribution in [0.5, 0.6) is 0 Å². The maximum Gasteiger partial charge on any atom is 0.219 e. The Morgan fingerprint density at radius 2 is 1.80 bits per heavy atom. The third-order valence-electron chi connectivity index (χ3n) is 2.02. The van der Waals surface area contributed by atoms with Crippen LogP contribution in [0.2, 0.25) is 0 Å². The molecule has 0 saturated carbocycles. The zero-order chi connectivity index (χ0) is 11.8. The molecule has 15 heavy (non-hydrogen) atoms. The van der Waals surface area contributed by atoms with Gasteiger partial charge in [0.05, 0.1) is 0 Å². The molecule has 0 fully saturated rings. The van der Waals surface area contributed by atoms with E-state index < -0.39 is 0 Å². The first kappa shape index (κ1) is 13.2. The van der Waals surface area contributed by atoms with Gasteiger partial charge in [0.2, 0.25) is 5.91 Å². The summed E-state index contributed by atoms with van der Waals surface area (Å²) < 4.78 is 0. The Labute approximate surface area is 90.4 Å². The molecule has 0 aromatic carbocycles. The van der Waals surface area contributed by atoms with Crippen LogP contribution in [0.15, 0.2) is 11.1 Å². The van der Waals surface area contributed by atoms with Gasteiger partial charge in [0.15, 0.2) is 0 Å². The van der Waals surface area contributed by atoms with Gasteiger partial charge in [-0.15, -0.1) is 0 Å². The van der Waals surface area contributed by atoms with E-state index in [0.29, 0.717) is 18.7 Å². The van der Waals surface area contributed by atoms with Crippen LogP contribution in [-0.4, -0.2) is 23.9 Å². The Bertz CT molecular complexity index is 328. The van der Waals surface area contributed by atoms with Gasteiger partial charge >= 0.3 is 0 Å². The minimum absolute atomic E-state index is 0.0357. The minimum Gasteiger partial charge on any atom is -0.339 e. The summed E-state index contributed by atoms with van der Waals surface area (Å²) in [7, 11) is 0. The first-order valence-corrected chi connectivity index (χ1v) is 4.82. The molecule has 0 aromatic heterocycles. The third-order valence-corrected chi connectivity index (χ3v) is 2.02. The van der Waals surface area contributed by atoms with Crippen LogP contribution in [0, 0.1) is 22.7 Å². The molecule has 0 N–H and O–H groups in total. The van der Waals surface area contributed by atoms with Gasteiger partial charge in [0.1, 0.15) is 17.7 Å². The Balaban J connectivity index is 4.70. The lowest BCUT2D eigenvalue weighted by atomic mass is 10.1. The highest BCUT2D eigenvalue weighted by Crippen LogP contribution is 2.05. The molecule has 0 bridgehead atoms. The fraction of sp³-hybridized carbons (Fsp3) is 0.545. The second-order valence-corrected chi connectivity index (χ2v) is 3.32. The molecule has 0 unspecified atom stereocenters. The Kier molecular flexibility index (Phi) is 5.82. The van der Waals surface area contributed by atoms with Crippen molar-refractivity contribution in [2.24, 2.45) is 0 Å². The first-order valence-electron chi connectivity index (χ1n) is 4.82. The minimum atomic E-state index is -0.0357. The van der Waals surface area contributed by atoms with Gasteiger partial charge in [-0.3, -0.25) is 4.79 Å². The second-order valence-electron chi connectivity index (χ2n) is 3.32. The molecule has 0 spiro atoms. The number of amides is 1. The normalized spacial score (nSPS) is 8.60. The van der Waals surface area contributed by atoms with Crippen molar-refractivity contribution in [1.29, 1.82) is 10.5 Å². The molecule has 0 rings (SSSR count). The van der Waals surface area contributed by atoms with Crippen molar-refractivity contribution in [3.05, 3.63) is 11.1 Å². The Morgan fingerprint density at radius 3 is 2.13 bits per heavy atom. The summed E-state index contributed by atoms with van der Waals surface area (Å²) in [6, 6.07) is 3.64. The van der Waals surface area contributed by atoms with Gasteiger partial charge in [0.25, 0.3) is 0 Å². The summed E-state index contributed by atoms with van der Waals surface area (Å²) in [5.41, 5.74) is 0.737. The van der Waals surface area contributed by atoms with E-state index in [2.05, 4.69) is 0 Å². The number of rotatable bonds is 4. The van der Waals surface area contributed by atoms with Crippen molar-refractivity contribution in [1.82, 2.24) is 4.90 Å². The largest absolute Gasteiger partial charge is 0.339 e. The summed E-state index contributed by atoms with van der Waals surface area (Å²) >= 11 is 0. The van der Waals surface area contributed by atoms with E-state index in [-0.39, 0.29) is 11.5 Å². The number of hydrogen-bond acceptors (Lipinski definition) is 3. The van der Waals surface area contributed by atoms with Crippen molar-refractivity contribution in [3.8, 4) is 12.1 Å². The molecule has 1 amide bonds. The molecule has 4 nitrogen and oxygen atoms in total. The molecule has 4 heteroatoms. The number of nitriles is 2. The van der Waals surface area contributed by atoms with Gasteiger partial charge in [0, 0.05) is 20.0 Å². The second kappa shape index (κ2) is 6.62. The molecule has 0 aliphatic carbocycles. The summed E-state index contributed by atoms with van der Waals surface area (Å²) in [6.45, 7) is 6.18. The average Bonchev–Trinajstić information content (AvgIpc) is 2.18. The quantitative estimate of drug-likeness (QED) is 0.655. The lowest BCUT2D eigenvalue weighted by Crippen LogP contribution is -2.31. The highest BCUT2D eigenvalue weighted by molar-refractivity contribution is 5.73. The fourth-order valence-electron chi connectivity index (χ4n) is 1.20. The van der Waals surface area contributed by atoms with Gasteiger partial charge in [-0.2, -0.15) is 10.5 Å². The molecule has 0 aliphatic rings. The molecule has 0 atom stereocenters. The lowest BCUT2D eigenvalue weighted by molar-refractivity contribution is -0.128.